The number of para-hydroxylation sites is 1. The Morgan fingerprint density at radius 2 is 1.85 bits per heavy atom. The van der Waals surface area contributed by atoms with E-state index in [0.29, 0.717) is 0 Å². The smallest absolute Gasteiger partial charge is 0.408 e. The zero-order chi connectivity index (χ0) is 20.2. The number of fused-ring (bicyclic) bond motifs is 1. The zero-order valence-corrected chi connectivity index (χ0v) is 15.8. The minimum absolute atomic E-state index is 0.115. The molecule has 0 radical (unpaired) electrons. The highest BCUT2D eigenvalue weighted by Gasteiger charge is 2.26. The van der Waals surface area contributed by atoms with Gasteiger partial charge >= 0.3 is 12.1 Å². The zero-order valence-electron chi connectivity index (χ0n) is 15.8. The largest absolute Gasteiger partial charge is 0.480 e. The van der Waals surface area contributed by atoms with Crippen molar-refractivity contribution in [1.82, 2.24) is 15.6 Å². The minimum Gasteiger partial charge on any atom is -0.480 e. The number of hydrogen-bond donors (Lipinski definition) is 4. The summed E-state index contributed by atoms with van der Waals surface area (Å²) in [7, 11) is 0. The highest BCUT2D eigenvalue weighted by atomic mass is 16.6. The molecule has 1 heterocycles. The van der Waals surface area contributed by atoms with Crippen LogP contribution in [0.2, 0.25) is 0 Å². The maximum Gasteiger partial charge on any atom is 0.408 e. The van der Waals surface area contributed by atoms with Crippen LogP contribution in [0.15, 0.2) is 30.5 Å². The quantitative estimate of drug-likeness (QED) is 0.617. The van der Waals surface area contributed by atoms with Gasteiger partial charge in [-0.2, -0.15) is 0 Å². The van der Waals surface area contributed by atoms with Gasteiger partial charge in [-0.1, -0.05) is 18.2 Å². The van der Waals surface area contributed by atoms with Crippen LogP contribution >= 0.6 is 0 Å². The SMILES string of the molecule is C[C@H](NC(=O)OC(C)(C)C)C(=O)N[C@@H](Cc1c[nH]c2ccccc12)C(=O)O. The van der Waals surface area contributed by atoms with Crippen LogP contribution in [0.5, 0.6) is 0 Å². The molecule has 2 aromatic rings. The van der Waals surface area contributed by atoms with E-state index in [-0.39, 0.29) is 6.42 Å². The van der Waals surface area contributed by atoms with Crippen molar-refractivity contribution in [3.8, 4) is 0 Å². The molecule has 0 spiro atoms. The van der Waals surface area contributed by atoms with Gasteiger partial charge in [-0.15, -0.1) is 0 Å². The summed E-state index contributed by atoms with van der Waals surface area (Å²) in [6, 6.07) is 5.45. The van der Waals surface area contributed by atoms with Crippen LogP contribution in [0.1, 0.15) is 33.3 Å². The number of aromatic amines is 1. The van der Waals surface area contributed by atoms with Crippen molar-refractivity contribution < 1.29 is 24.2 Å². The number of carboxylic acids is 1. The fourth-order valence-corrected chi connectivity index (χ4v) is 2.57. The van der Waals surface area contributed by atoms with Gasteiger partial charge < -0.3 is 25.5 Å². The molecule has 0 fully saturated rings. The average molecular weight is 375 g/mol. The van der Waals surface area contributed by atoms with Gasteiger partial charge in [0.25, 0.3) is 0 Å². The van der Waals surface area contributed by atoms with Crippen molar-refractivity contribution in [3.63, 3.8) is 0 Å². The van der Waals surface area contributed by atoms with Crippen molar-refractivity contribution in [2.24, 2.45) is 0 Å². The summed E-state index contributed by atoms with van der Waals surface area (Å²) in [5, 5.41) is 15.2. The number of carbonyl (C=O) groups excluding carboxylic acids is 2. The molecule has 27 heavy (non-hydrogen) atoms. The standard InChI is InChI=1S/C19H25N3O5/c1-11(21-18(26)27-19(2,3)4)16(23)22-15(17(24)25)9-12-10-20-14-8-6-5-7-13(12)14/h5-8,10-11,15,20H,9H2,1-4H3,(H,21,26)(H,22,23)(H,24,25)/t11-,15-/m0/s1. The summed E-state index contributed by atoms with van der Waals surface area (Å²) in [6.45, 7) is 6.58. The first kappa shape index (κ1) is 20.3. The lowest BCUT2D eigenvalue weighted by atomic mass is 10.0. The summed E-state index contributed by atoms with van der Waals surface area (Å²) in [5.41, 5.74) is 0.980. The van der Waals surface area contributed by atoms with Crippen LogP contribution in [0.25, 0.3) is 10.9 Å². The van der Waals surface area contributed by atoms with E-state index in [9.17, 15) is 19.5 Å². The predicted molar refractivity (Wildman–Crippen MR) is 100 cm³/mol. The lowest BCUT2D eigenvalue weighted by Crippen LogP contribution is -2.51. The van der Waals surface area contributed by atoms with Gasteiger partial charge in [0, 0.05) is 23.5 Å². The van der Waals surface area contributed by atoms with Crippen molar-refractivity contribution in [3.05, 3.63) is 36.0 Å². The number of H-pyrrole nitrogens is 1. The van der Waals surface area contributed by atoms with Crippen molar-refractivity contribution in [2.45, 2.75) is 51.8 Å². The summed E-state index contributed by atoms with van der Waals surface area (Å²) in [5.74, 6) is -1.76. The van der Waals surface area contributed by atoms with E-state index in [1.807, 2.05) is 24.3 Å². The Bertz CT molecular complexity index is 837. The normalized spacial score (nSPS) is 13.6. The minimum atomic E-state index is -1.15. The Balaban J connectivity index is 2.02. The number of hydrogen-bond acceptors (Lipinski definition) is 4. The number of aromatic nitrogens is 1. The lowest BCUT2D eigenvalue weighted by molar-refractivity contribution is -0.142. The molecule has 0 aliphatic heterocycles. The van der Waals surface area contributed by atoms with Gasteiger partial charge in [0.15, 0.2) is 0 Å². The number of rotatable bonds is 6. The molecule has 2 amide bonds. The topological polar surface area (TPSA) is 121 Å². The molecular formula is C19H25N3O5. The van der Waals surface area contributed by atoms with E-state index in [1.54, 1.807) is 27.0 Å². The van der Waals surface area contributed by atoms with E-state index in [4.69, 9.17) is 4.74 Å². The van der Waals surface area contributed by atoms with Crippen LogP contribution in [0.3, 0.4) is 0 Å². The second-order valence-corrected chi connectivity index (χ2v) is 7.33. The summed E-state index contributed by atoms with van der Waals surface area (Å²) in [4.78, 5) is 38.7. The van der Waals surface area contributed by atoms with Crippen molar-refractivity contribution in [1.29, 1.82) is 0 Å². The third-order valence-corrected chi connectivity index (χ3v) is 3.84. The summed E-state index contributed by atoms with van der Waals surface area (Å²) >= 11 is 0. The van der Waals surface area contributed by atoms with Crippen molar-refractivity contribution >= 4 is 28.9 Å². The molecule has 1 aromatic carbocycles. The number of benzene rings is 1. The number of nitrogens with one attached hydrogen (secondary N) is 3. The highest BCUT2D eigenvalue weighted by molar-refractivity contribution is 5.90. The number of carbonyl (C=O) groups is 3. The molecule has 0 saturated carbocycles. The Morgan fingerprint density at radius 3 is 2.48 bits per heavy atom. The van der Waals surface area contributed by atoms with Gasteiger partial charge in [0.05, 0.1) is 0 Å². The fraction of sp³-hybridized carbons (Fsp3) is 0.421. The molecule has 2 atom stereocenters. The number of alkyl carbamates (subject to hydrolysis) is 1. The van der Waals surface area contributed by atoms with E-state index in [1.165, 1.54) is 6.92 Å². The molecule has 8 nitrogen and oxygen atoms in total. The second kappa shape index (κ2) is 8.11. The number of carboxylic acid groups (broad SMARTS) is 1. The maximum atomic E-state index is 12.3. The molecule has 4 N–H and O–H groups in total. The van der Waals surface area contributed by atoms with Gasteiger partial charge in [-0.3, -0.25) is 4.79 Å². The molecule has 1 aromatic heterocycles. The Kier molecular flexibility index (Phi) is 6.09. The molecule has 0 saturated heterocycles. The molecule has 0 bridgehead atoms. The first-order chi connectivity index (χ1) is 12.6. The van der Waals surface area contributed by atoms with E-state index in [2.05, 4.69) is 15.6 Å². The van der Waals surface area contributed by atoms with Gasteiger partial charge in [0.1, 0.15) is 17.7 Å². The summed E-state index contributed by atoms with van der Waals surface area (Å²) < 4.78 is 5.09. The average Bonchev–Trinajstić information content (AvgIpc) is 2.95. The van der Waals surface area contributed by atoms with Gasteiger partial charge in [-0.05, 0) is 39.3 Å². The maximum absolute atomic E-state index is 12.3. The monoisotopic (exact) mass is 375 g/mol. The number of ether oxygens (including phenoxy) is 1. The molecule has 8 heteroatoms. The summed E-state index contributed by atoms with van der Waals surface area (Å²) in [6.07, 6.45) is 1.10. The van der Waals surface area contributed by atoms with Crippen molar-refractivity contribution in [2.75, 3.05) is 0 Å². The fourth-order valence-electron chi connectivity index (χ4n) is 2.57. The van der Waals surface area contributed by atoms with Crippen LogP contribution in [-0.4, -0.2) is 45.7 Å². The highest BCUT2D eigenvalue weighted by Crippen LogP contribution is 2.19. The third-order valence-electron chi connectivity index (χ3n) is 3.84. The Morgan fingerprint density at radius 1 is 1.19 bits per heavy atom. The van der Waals surface area contributed by atoms with E-state index < -0.39 is 35.7 Å². The Hall–Kier alpha value is -3.03. The van der Waals surface area contributed by atoms with Crippen LogP contribution < -0.4 is 10.6 Å². The molecular weight excluding hydrogens is 350 g/mol. The number of amides is 2. The molecule has 2 rings (SSSR count). The first-order valence-corrected chi connectivity index (χ1v) is 8.64. The first-order valence-electron chi connectivity index (χ1n) is 8.64. The number of aliphatic carboxylic acids is 1. The van der Waals surface area contributed by atoms with Gasteiger partial charge in [-0.25, -0.2) is 9.59 Å². The third kappa shape index (κ3) is 5.73. The van der Waals surface area contributed by atoms with Crippen LogP contribution in [0.4, 0.5) is 4.79 Å². The second-order valence-electron chi connectivity index (χ2n) is 7.33. The van der Waals surface area contributed by atoms with Crippen LogP contribution in [0, 0.1) is 0 Å². The molecule has 0 unspecified atom stereocenters. The molecule has 146 valence electrons. The lowest BCUT2D eigenvalue weighted by Gasteiger charge is -2.22. The molecule has 0 aliphatic carbocycles. The van der Waals surface area contributed by atoms with Gasteiger partial charge in [0.2, 0.25) is 5.91 Å². The van der Waals surface area contributed by atoms with E-state index in [0.717, 1.165) is 16.5 Å². The van der Waals surface area contributed by atoms with Crippen LogP contribution in [-0.2, 0) is 20.7 Å². The van der Waals surface area contributed by atoms with E-state index >= 15 is 0 Å². The molecule has 0 aliphatic rings. The Labute approximate surface area is 157 Å². The predicted octanol–water partition coefficient (Wildman–Crippen LogP) is 2.19.